The van der Waals surface area contributed by atoms with Crippen molar-refractivity contribution in [3.8, 4) is 5.75 Å². The third-order valence-corrected chi connectivity index (χ3v) is 5.51. The van der Waals surface area contributed by atoms with Crippen LogP contribution in [0, 0.1) is 5.82 Å². The molecule has 0 bridgehead atoms. The molecule has 11 heteroatoms. The predicted octanol–water partition coefficient (Wildman–Crippen LogP) is 1.39. The minimum Gasteiger partial charge on any atom is -0.492 e. The Morgan fingerprint density at radius 2 is 1.78 bits per heavy atom. The number of nitrogens with zero attached hydrogens (tertiary/aromatic N) is 4. The molecule has 0 radical (unpaired) electrons. The smallest absolute Gasteiger partial charge is 0.333 e. The van der Waals surface area contributed by atoms with Gasteiger partial charge in [-0.05, 0) is 29.8 Å². The number of nitrogens with one attached hydrogen (secondary N) is 1. The monoisotopic (exact) mass is 495 g/mol. The molecular weight excluding hydrogens is 469 g/mol. The molecular formula is C25H26FN5O5. The van der Waals surface area contributed by atoms with Crippen molar-refractivity contribution in [1.82, 2.24) is 24.0 Å². The minimum atomic E-state index is -0.633. The lowest BCUT2D eigenvalue weighted by Gasteiger charge is -2.13. The van der Waals surface area contributed by atoms with Gasteiger partial charge in [0.25, 0.3) is 5.56 Å². The zero-order valence-electron chi connectivity index (χ0n) is 19.7. The van der Waals surface area contributed by atoms with Crippen molar-refractivity contribution in [2.75, 3.05) is 26.9 Å². The highest BCUT2D eigenvalue weighted by Crippen LogP contribution is 2.11. The van der Waals surface area contributed by atoms with Gasteiger partial charge < -0.3 is 19.4 Å². The molecule has 4 aromatic rings. The van der Waals surface area contributed by atoms with Crippen molar-refractivity contribution in [3.63, 3.8) is 0 Å². The summed E-state index contributed by atoms with van der Waals surface area (Å²) in [5, 5.41) is 2.64. The first-order valence-electron chi connectivity index (χ1n) is 11.3. The number of halogens is 1. The number of benzene rings is 2. The van der Waals surface area contributed by atoms with Crippen LogP contribution in [-0.2, 0) is 29.2 Å². The molecule has 0 aliphatic carbocycles. The molecule has 0 saturated carbocycles. The first-order chi connectivity index (χ1) is 17.5. The Balaban J connectivity index is 1.56. The number of imidazole rings is 1. The summed E-state index contributed by atoms with van der Waals surface area (Å²) in [5.41, 5.74) is 0.0703. The molecule has 0 atom stereocenters. The first-order valence-corrected chi connectivity index (χ1v) is 11.3. The predicted molar refractivity (Wildman–Crippen MR) is 131 cm³/mol. The van der Waals surface area contributed by atoms with E-state index in [1.165, 1.54) is 35.2 Å². The number of methoxy groups -OCH3 is 1. The van der Waals surface area contributed by atoms with Crippen LogP contribution in [0.1, 0.15) is 5.56 Å². The van der Waals surface area contributed by atoms with E-state index in [-0.39, 0.29) is 36.7 Å². The molecule has 0 aliphatic rings. The highest BCUT2D eigenvalue weighted by molar-refractivity contribution is 5.76. The zero-order valence-corrected chi connectivity index (χ0v) is 19.7. The second-order valence-corrected chi connectivity index (χ2v) is 8.00. The zero-order chi connectivity index (χ0) is 25.5. The molecule has 1 amide bonds. The average Bonchev–Trinajstić information content (AvgIpc) is 3.31. The highest BCUT2D eigenvalue weighted by Gasteiger charge is 2.20. The van der Waals surface area contributed by atoms with Gasteiger partial charge in [0.05, 0.1) is 26.0 Å². The van der Waals surface area contributed by atoms with Gasteiger partial charge in [-0.1, -0.05) is 30.3 Å². The SMILES string of the molecule is COCCn1cnc2c1c(=O)n(CC(=O)NCCOc1ccc(F)cc1)c(=O)n2Cc1ccccc1. The van der Waals surface area contributed by atoms with E-state index in [1.807, 2.05) is 30.3 Å². The van der Waals surface area contributed by atoms with Crippen LogP contribution in [0.25, 0.3) is 11.2 Å². The number of carbonyl (C=O) groups is 1. The van der Waals surface area contributed by atoms with Gasteiger partial charge in [0, 0.05) is 13.7 Å². The molecule has 188 valence electrons. The second-order valence-electron chi connectivity index (χ2n) is 8.00. The Morgan fingerprint density at radius 3 is 2.50 bits per heavy atom. The van der Waals surface area contributed by atoms with Gasteiger partial charge in [-0.25, -0.2) is 18.7 Å². The van der Waals surface area contributed by atoms with Gasteiger partial charge in [0.1, 0.15) is 24.7 Å². The van der Waals surface area contributed by atoms with Crippen molar-refractivity contribution in [1.29, 1.82) is 0 Å². The lowest BCUT2D eigenvalue weighted by molar-refractivity contribution is -0.121. The summed E-state index contributed by atoms with van der Waals surface area (Å²) in [7, 11) is 1.55. The van der Waals surface area contributed by atoms with Gasteiger partial charge in [-0.2, -0.15) is 0 Å². The number of carbonyl (C=O) groups excluding carboxylic acids is 1. The van der Waals surface area contributed by atoms with Gasteiger partial charge in [0.2, 0.25) is 5.91 Å². The van der Waals surface area contributed by atoms with Gasteiger partial charge in [-0.15, -0.1) is 0 Å². The fourth-order valence-corrected chi connectivity index (χ4v) is 3.74. The Bertz CT molecular complexity index is 1440. The summed E-state index contributed by atoms with van der Waals surface area (Å²) in [6.07, 6.45) is 1.49. The van der Waals surface area contributed by atoms with Gasteiger partial charge in [-0.3, -0.25) is 14.2 Å². The number of aromatic nitrogens is 4. The van der Waals surface area contributed by atoms with E-state index in [2.05, 4.69) is 10.3 Å². The van der Waals surface area contributed by atoms with Gasteiger partial charge in [0.15, 0.2) is 11.2 Å². The molecule has 2 heterocycles. The Kier molecular flexibility index (Phi) is 7.91. The summed E-state index contributed by atoms with van der Waals surface area (Å²) in [6.45, 7) is 0.694. The van der Waals surface area contributed by atoms with Crippen LogP contribution in [0.3, 0.4) is 0 Å². The third-order valence-electron chi connectivity index (χ3n) is 5.51. The van der Waals surface area contributed by atoms with E-state index in [0.29, 0.717) is 18.9 Å². The summed E-state index contributed by atoms with van der Waals surface area (Å²) in [5.74, 6) is -0.439. The maximum atomic E-state index is 13.3. The van der Waals surface area contributed by atoms with Crippen molar-refractivity contribution in [2.45, 2.75) is 19.6 Å². The molecule has 36 heavy (non-hydrogen) atoms. The van der Waals surface area contributed by atoms with Crippen LogP contribution in [0.2, 0.25) is 0 Å². The van der Waals surface area contributed by atoms with Crippen molar-refractivity contribution in [2.24, 2.45) is 0 Å². The minimum absolute atomic E-state index is 0.132. The quantitative estimate of drug-likeness (QED) is 0.315. The largest absolute Gasteiger partial charge is 0.492 e. The molecule has 2 aromatic carbocycles. The van der Waals surface area contributed by atoms with Crippen LogP contribution < -0.4 is 21.3 Å². The Hall–Kier alpha value is -4.25. The van der Waals surface area contributed by atoms with Crippen LogP contribution in [0.4, 0.5) is 4.39 Å². The molecule has 0 saturated heterocycles. The van der Waals surface area contributed by atoms with Crippen molar-refractivity contribution < 1.29 is 18.7 Å². The van der Waals surface area contributed by atoms with Crippen LogP contribution >= 0.6 is 0 Å². The normalized spacial score (nSPS) is 11.1. The summed E-state index contributed by atoms with van der Waals surface area (Å²) >= 11 is 0. The molecule has 0 aliphatic heterocycles. The van der Waals surface area contributed by atoms with Crippen LogP contribution in [0.15, 0.2) is 70.5 Å². The first kappa shape index (κ1) is 24.9. The Morgan fingerprint density at radius 1 is 1.03 bits per heavy atom. The van der Waals surface area contributed by atoms with Crippen LogP contribution in [-0.4, -0.2) is 51.5 Å². The van der Waals surface area contributed by atoms with E-state index in [4.69, 9.17) is 9.47 Å². The molecule has 2 aromatic heterocycles. The third kappa shape index (κ3) is 5.69. The molecule has 0 fully saturated rings. The van der Waals surface area contributed by atoms with E-state index in [1.54, 1.807) is 11.7 Å². The molecule has 10 nitrogen and oxygen atoms in total. The number of ether oxygens (including phenoxy) is 2. The fraction of sp³-hybridized carbons (Fsp3) is 0.280. The number of fused-ring (bicyclic) bond motifs is 1. The van der Waals surface area contributed by atoms with E-state index in [9.17, 15) is 18.8 Å². The average molecular weight is 496 g/mol. The lowest BCUT2D eigenvalue weighted by atomic mass is 10.2. The second kappa shape index (κ2) is 11.5. The topological polar surface area (TPSA) is 109 Å². The van der Waals surface area contributed by atoms with Crippen molar-refractivity contribution >= 4 is 17.1 Å². The standard InChI is InChI=1S/C25H26FN5O5/c1-35-14-12-29-17-28-23-22(29)24(33)31(25(34)30(23)15-18-5-3-2-4-6-18)16-21(32)27-11-13-36-20-9-7-19(26)8-10-20/h2-10,17H,11-16H2,1H3,(H,27,32). The van der Waals surface area contributed by atoms with Crippen molar-refractivity contribution in [3.05, 3.63) is 93.1 Å². The maximum absolute atomic E-state index is 13.3. The van der Waals surface area contributed by atoms with Crippen LogP contribution in [0.5, 0.6) is 5.75 Å². The number of hydrogen-bond acceptors (Lipinski definition) is 6. The summed E-state index contributed by atoms with van der Waals surface area (Å²) < 4.78 is 27.5. The number of rotatable bonds is 11. The summed E-state index contributed by atoms with van der Waals surface area (Å²) in [6, 6.07) is 14.8. The number of amides is 1. The highest BCUT2D eigenvalue weighted by atomic mass is 19.1. The summed E-state index contributed by atoms with van der Waals surface area (Å²) in [4.78, 5) is 43.5. The molecule has 1 N–H and O–H groups in total. The van der Waals surface area contributed by atoms with Gasteiger partial charge >= 0.3 is 5.69 Å². The Labute approximate surface area is 205 Å². The molecule has 4 rings (SSSR count). The molecule has 0 unspecified atom stereocenters. The fourth-order valence-electron chi connectivity index (χ4n) is 3.74. The van der Waals surface area contributed by atoms with E-state index < -0.39 is 23.7 Å². The number of hydrogen-bond donors (Lipinski definition) is 1. The maximum Gasteiger partial charge on any atom is 0.333 e. The molecule has 0 spiro atoms. The van der Waals surface area contributed by atoms with E-state index >= 15 is 0 Å². The lowest BCUT2D eigenvalue weighted by Crippen LogP contribution is -2.44. The van der Waals surface area contributed by atoms with E-state index in [0.717, 1.165) is 10.1 Å².